The van der Waals surface area contributed by atoms with E-state index in [4.69, 9.17) is 0 Å². The number of aromatic hydroxyl groups is 1. The van der Waals surface area contributed by atoms with Crippen molar-refractivity contribution in [2.24, 2.45) is 10.2 Å². The molecule has 0 atom stereocenters. The van der Waals surface area contributed by atoms with Crippen molar-refractivity contribution in [3.8, 4) is 5.88 Å². The average molecular weight is 374 g/mol. The van der Waals surface area contributed by atoms with Gasteiger partial charge in [0.25, 0.3) is 11.6 Å². The molecule has 0 bridgehead atoms. The fourth-order valence-corrected chi connectivity index (χ4v) is 3.02. The fraction of sp³-hybridized carbons (Fsp3) is 0. The largest absolute Gasteiger partial charge is 0.493 e. The summed E-state index contributed by atoms with van der Waals surface area (Å²) < 4.78 is 0. The summed E-state index contributed by atoms with van der Waals surface area (Å²) in [6, 6.07) is 11.7. The number of nitrogens with zero attached hydrogens (tertiary/aromatic N) is 6. The lowest BCUT2D eigenvalue weighted by atomic mass is 10.2. The summed E-state index contributed by atoms with van der Waals surface area (Å²) in [5.41, 5.74) is 2.40. The molecule has 11 heteroatoms. The number of H-pyrrole nitrogens is 2. The van der Waals surface area contributed by atoms with Crippen molar-refractivity contribution in [1.29, 1.82) is 0 Å². The van der Waals surface area contributed by atoms with Crippen LogP contribution in [-0.2, 0) is 0 Å². The molecule has 0 unspecified atom stereocenters. The van der Waals surface area contributed by atoms with E-state index < -0.39 is 4.92 Å². The fourth-order valence-electron chi connectivity index (χ4n) is 3.02. The lowest BCUT2D eigenvalue weighted by Crippen LogP contribution is -1.87. The number of hydrogen-bond donors (Lipinski definition) is 3. The van der Waals surface area contributed by atoms with Crippen LogP contribution in [0.4, 0.5) is 17.3 Å². The number of para-hydroxylation sites is 1. The highest BCUT2D eigenvalue weighted by Gasteiger charge is 2.15. The van der Waals surface area contributed by atoms with Gasteiger partial charge in [-0.2, -0.15) is 4.98 Å². The zero-order valence-electron chi connectivity index (χ0n) is 14.0. The molecule has 5 rings (SSSR count). The molecular formula is C17H10N8O3. The molecule has 0 fully saturated rings. The number of nitro groups is 1. The first-order valence-electron chi connectivity index (χ1n) is 8.12. The topological polar surface area (TPSA) is 158 Å². The molecule has 3 N–H and O–H groups in total. The van der Waals surface area contributed by atoms with Crippen LogP contribution in [0.1, 0.15) is 0 Å². The first kappa shape index (κ1) is 15.8. The Bertz CT molecular complexity index is 1420. The lowest BCUT2D eigenvalue weighted by molar-refractivity contribution is -0.384. The van der Waals surface area contributed by atoms with Gasteiger partial charge in [0.2, 0.25) is 5.88 Å². The molecule has 0 amide bonds. The van der Waals surface area contributed by atoms with E-state index in [0.29, 0.717) is 22.1 Å². The molecule has 2 aromatic carbocycles. The third-order valence-corrected chi connectivity index (χ3v) is 4.30. The number of nitrogens with one attached hydrogen (secondary N) is 2. The van der Waals surface area contributed by atoms with Crippen LogP contribution in [0.5, 0.6) is 5.88 Å². The van der Waals surface area contributed by atoms with Gasteiger partial charge >= 0.3 is 0 Å². The summed E-state index contributed by atoms with van der Waals surface area (Å²) in [5.74, 6) is -0.280. The highest BCUT2D eigenvalue weighted by atomic mass is 16.6. The van der Waals surface area contributed by atoms with Crippen molar-refractivity contribution >= 4 is 50.3 Å². The predicted molar refractivity (Wildman–Crippen MR) is 100.0 cm³/mol. The summed E-state index contributed by atoms with van der Waals surface area (Å²) in [4.78, 5) is 20.6. The monoisotopic (exact) mass is 374 g/mol. The van der Waals surface area contributed by atoms with E-state index in [-0.39, 0.29) is 23.2 Å². The summed E-state index contributed by atoms with van der Waals surface area (Å²) in [5, 5.41) is 38.3. The molecule has 0 aliphatic heterocycles. The van der Waals surface area contributed by atoms with Gasteiger partial charge in [0, 0.05) is 28.4 Å². The Balaban J connectivity index is 1.58. The Morgan fingerprint density at radius 2 is 1.82 bits per heavy atom. The standard InChI is InChI=1S/C17H10N8O3/c26-16-14(10-7-8(25(27)28)5-6-12(10)19-16)22-24-17-20-15-13(21-23-17)9-3-1-2-4-11(9)18-15/h1-7,19,26H,(H,18,20,23). The molecule has 0 spiro atoms. The maximum Gasteiger partial charge on any atom is 0.289 e. The zero-order valence-corrected chi connectivity index (χ0v) is 14.0. The minimum absolute atomic E-state index is 0.0155. The normalized spacial score (nSPS) is 11.9. The third kappa shape index (κ3) is 2.41. The Hall–Kier alpha value is -4.41. The van der Waals surface area contributed by atoms with Crippen molar-refractivity contribution < 1.29 is 10.0 Å². The van der Waals surface area contributed by atoms with E-state index in [9.17, 15) is 15.2 Å². The molecule has 11 nitrogen and oxygen atoms in total. The van der Waals surface area contributed by atoms with Crippen molar-refractivity contribution in [3.05, 3.63) is 52.6 Å². The first-order chi connectivity index (χ1) is 13.6. The Morgan fingerprint density at radius 1 is 1.00 bits per heavy atom. The number of non-ortho nitro benzene ring substituents is 1. The van der Waals surface area contributed by atoms with Crippen LogP contribution in [0.25, 0.3) is 33.0 Å². The highest BCUT2D eigenvalue weighted by Crippen LogP contribution is 2.37. The van der Waals surface area contributed by atoms with E-state index in [0.717, 1.165) is 10.9 Å². The van der Waals surface area contributed by atoms with Gasteiger partial charge in [-0.3, -0.25) is 10.1 Å². The Labute approximate surface area is 154 Å². The number of rotatable bonds is 3. The number of nitro benzene ring substituents is 1. The highest BCUT2D eigenvalue weighted by molar-refractivity contribution is 6.03. The molecule has 0 radical (unpaired) electrons. The number of aromatic nitrogens is 5. The second-order valence-corrected chi connectivity index (χ2v) is 5.99. The predicted octanol–water partition coefficient (Wildman–Crippen LogP) is 4.02. The van der Waals surface area contributed by atoms with Crippen LogP contribution >= 0.6 is 0 Å². The maximum atomic E-state index is 11.0. The summed E-state index contributed by atoms with van der Waals surface area (Å²) >= 11 is 0. The summed E-state index contributed by atoms with van der Waals surface area (Å²) in [6.07, 6.45) is 0. The quantitative estimate of drug-likeness (QED) is 0.246. The Morgan fingerprint density at radius 3 is 2.68 bits per heavy atom. The zero-order chi connectivity index (χ0) is 19.3. The number of azo groups is 1. The molecule has 5 aromatic rings. The first-order valence-corrected chi connectivity index (χ1v) is 8.12. The maximum absolute atomic E-state index is 11.0. The van der Waals surface area contributed by atoms with Crippen LogP contribution in [0.3, 0.4) is 0 Å². The van der Waals surface area contributed by atoms with E-state index in [2.05, 4.69) is 35.4 Å². The third-order valence-electron chi connectivity index (χ3n) is 4.30. The van der Waals surface area contributed by atoms with Gasteiger partial charge in [0.15, 0.2) is 11.3 Å². The van der Waals surface area contributed by atoms with Gasteiger partial charge in [0.1, 0.15) is 5.52 Å². The van der Waals surface area contributed by atoms with Crippen molar-refractivity contribution in [1.82, 2.24) is 25.1 Å². The minimum Gasteiger partial charge on any atom is -0.493 e. The van der Waals surface area contributed by atoms with Gasteiger partial charge < -0.3 is 15.1 Å². The summed E-state index contributed by atoms with van der Waals surface area (Å²) in [6.45, 7) is 0. The molecule has 136 valence electrons. The molecule has 0 saturated heterocycles. The van der Waals surface area contributed by atoms with Gasteiger partial charge in [-0.1, -0.05) is 18.2 Å². The number of aromatic amines is 2. The van der Waals surface area contributed by atoms with Crippen LogP contribution in [-0.4, -0.2) is 35.2 Å². The van der Waals surface area contributed by atoms with E-state index in [1.807, 2.05) is 24.3 Å². The van der Waals surface area contributed by atoms with E-state index in [1.54, 1.807) is 0 Å². The molecule has 3 heterocycles. The number of hydrogen-bond acceptors (Lipinski definition) is 8. The van der Waals surface area contributed by atoms with E-state index >= 15 is 0 Å². The SMILES string of the molecule is O=[N+]([O-])c1ccc2[nH]c(O)c(N=Nc3nnc4c(n3)[nH]c3ccccc34)c2c1. The molecule has 3 aromatic heterocycles. The minimum atomic E-state index is -0.527. The van der Waals surface area contributed by atoms with Crippen LogP contribution < -0.4 is 0 Å². The van der Waals surface area contributed by atoms with Crippen molar-refractivity contribution in [2.45, 2.75) is 0 Å². The Kier molecular flexibility index (Phi) is 3.28. The van der Waals surface area contributed by atoms with Gasteiger partial charge in [-0.05, 0) is 12.1 Å². The van der Waals surface area contributed by atoms with Crippen LogP contribution in [0.2, 0.25) is 0 Å². The molecule has 0 saturated carbocycles. The average Bonchev–Trinajstić information content (AvgIpc) is 3.21. The van der Waals surface area contributed by atoms with Gasteiger partial charge in [-0.25, -0.2) is 0 Å². The second-order valence-electron chi connectivity index (χ2n) is 5.99. The van der Waals surface area contributed by atoms with Gasteiger partial charge in [-0.15, -0.1) is 20.4 Å². The molecule has 0 aliphatic carbocycles. The lowest BCUT2D eigenvalue weighted by Gasteiger charge is -1.94. The molecule has 28 heavy (non-hydrogen) atoms. The van der Waals surface area contributed by atoms with Crippen molar-refractivity contribution in [3.63, 3.8) is 0 Å². The second kappa shape index (κ2) is 5.81. The molecular weight excluding hydrogens is 364 g/mol. The number of benzene rings is 2. The van der Waals surface area contributed by atoms with Crippen LogP contribution in [0.15, 0.2) is 52.7 Å². The molecule has 0 aliphatic rings. The van der Waals surface area contributed by atoms with E-state index in [1.165, 1.54) is 18.2 Å². The smallest absolute Gasteiger partial charge is 0.289 e. The van der Waals surface area contributed by atoms with Crippen LogP contribution in [0, 0.1) is 10.1 Å². The number of fused-ring (bicyclic) bond motifs is 4. The summed E-state index contributed by atoms with van der Waals surface area (Å²) in [7, 11) is 0. The van der Waals surface area contributed by atoms with Gasteiger partial charge in [0.05, 0.1) is 10.4 Å². The van der Waals surface area contributed by atoms with Crippen molar-refractivity contribution in [2.75, 3.05) is 0 Å².